The van der Waals surface area contributed by atoms with Crippen LogP contribution in [0, 0.1) is 25.5 Å². The van der Waals surface area contributed by atoms with Crippen LogP contribution in [-0.2, 0) is 13.0 Å². The van der Waals surface area contributed by atoms with Crippen molar-refractivity contribution in [3.8, 4) is 5.82 Å². The van der Waals surface area contributed by atoms with Crippen LogP contribution in [-0.4, -0.2) is 32.2 Å². The SMILES string of the molecule is Cc1ccnc(-n2nc(C)cc2NC(=O)N2CCc3c(F)ccc(F)c3C2)c1. The number of halogens is 2. The maximum absolute atomic E-state index is 14.1. The number of nitrogens with one attached hydrogen (secondary N) is 1. The number of amides is 2. The van der Waals surface area contributed by atoms with E-state index in [1.165, 1.54) is 4.90 Å². The van der Waals surface area contributed by atoms with Crippen LogP contribution in [0.15, 0.2) is 36.5 Å². The molecule has 0 bridgehead atoms. The van der Waals surface area contributed by atoms with Crippen molar-refractivity contribution in [1.29, 1.82) is 0 Å². The second-order valence-electron chi connectivity index (χ2n) is 6.86. The average molecular weight is 383 g/mol. The Morgan fingerprint density at radius 3 is 2.61 bits per heavy atom. The number of anilines is 1. The Labute approximate surface area is 160 Å². The molecule has 0 fully saturated rings. The molecule has 1 aromatic carbocycles. The van der Waals surface area contributed by atoms with E-state index >= 15 is 0 Å². The lowest BCUT2D eigenvalue weighted by Crippen LogP contribution is -2.40. The van der Waals surface area contributed by atoms with Gasteiger partial charge in [-0.05, 0) is 55.7 Å². The van der Waals surface area contributed by atoms with Crippen molar-refractivity contribution in [2.75, 3.05) is 11.9 Å². The first-order valence-corrected chi connectivity index (χ1v) is 8.94. The highest BCUT2D eigenvalue weighted by Crippen LogP contribution is 2.25. The maximum atomic E-state index is 14.1. The molecule has 0 radical (unpaired) electrons. The summed E-state index contributed by atoms with van der Waals surface area (Å²) in [4.78, 5) is 18.5. The molecule has 1 aliphatic rings. The molecule has 0 saturated heterocycles. The van der Waals surface area contributed by atoms with Gasteiger partial charge in [-0.25, -0.2) is 18.6 Å². The monoisotopic (exact) mass is 383 g/mol. The smallest absolute Gasteiger partial charge is 0.320 e. The maximum Gasteiger partial charge on any atom is 0.323 e. The molecule has 144 valence electrons. The fourth-order valence-electron chi connectivity index (χ4n) is 3.35. The van der Waals surface area contributed by atoms with E-state index in [-0.39, 0.29) is 18.5 Å². The van der Waals surface area contributed by atoms with E-state index in [4.69, 9.17) is 0 Å². The highest BCUT2D eigenvalue weighted by molar-refractivity contribution is 5.89. The van der Waals surface area contributed by atoms with Crippen LogP contribution in [0.5, 0.6) is 0 Å². The lowest BCUT2D eigenvalue weighted by atomic mass is 9.99. The highest BCUT2D eigenvalue weighted by atomic mass is 19.1. The number of carbonyl (C=O) groups excluding carboxylic acids is 1. The van der Waals surface area contributed by atoms with Gasteiger partial charge in [0.2, 0.25) is 0 Å². The standard InChI is InChI=1S/C20H19F2N5O/c1-12-5-7-23-18(9-12)27-19(10-13(2)25-27)24-20(28)26-8-6-14-15(11-26)17(22)4-3-16(14)21/h3-5,7,9-10H,6,8,11H2,1-2H3,(H,24,28). The van der Waals surface area contributed by atoms with Gasteiger partial charge in [0.05, 0.1) is 12.2 Å². The minimum absolute atomic E-state index is 0.0145. The molecule has 0 unspecified atom stereocenters. The summed E-state index contributed by atoms with van der Waals surface area (Å²) < 4.78 is 29.5. The van der Waals surface area contributed by atoms with Crippen molar-refractivity contribution in [3.63, 3.8) is 0 Å². The molecule has 2 amide bonds. The Kier molecular flexibility index (Phi) is 4.54. The zero-order chi connectivity index (χ0) is 19.8. The van der Waals surface area contributed by atoms with Crippen molar-refractivity contribution in [3.05, 3.63) is 70.5 Å². The Balaban J connectivity index is 1.58. The summed E-state index contributed by atoms with van der Waals surface area (Å²) in [5.74, 6) is 0.112. The largest absolute Gasteiger partial charge is 0.323 e. The van der Waals surface area contributed by atoms with E-state index in [1.807, 2.05) is 26.0 Å². The summed E-state index contributed by atoms with van der Waals surface area (Å²) in [7, 11) is 0. The molecule has 0 atom stereocenters. The Bertz CT molecular complexity index is 1060. The number of fused-ring (bicyclic) bond motifs is 1. The topological polar surface area (TPSA) is 63.1 Å². The summed E-state index contributed by atoms with van der Waals surface area (Å²) in [6, 6.07) is 7.29. The van der Waals surface area contributed by atoms with Crippen LogP contribution in [0.3, 0.4) is 0 Å². The number of hydrogen-bond donors (Lipinski definition) is 1. The van der Waals surface area contributed by atoms with E-state index in [1.54, 1.807) is 16.9 Å². The summed E-state index contributed by atoms with van der Waals surface area (Å²) in [5, 5.41) is 7.21. The third kappa shape index (κ3) is 3.33. The van der Waals surface area contributed by atoms with Gasteiger partial charge in [0, 0.05) is 24.4 Å². The van der Waals surface area contributed by atoms with Crippen molar-refractivity contribution < 1.29 is 13.6 Å². The third-order valence-corrected chi connectivity index (χ3v) is 4.77. The lowest BCUT2D eigenvalue weighted by molar-refractivity contribution is 0.204. The molecule has 4 rings (SSSR count). The number of pyridine rings is 1. The van der Waals surface area contributed by atoms with Crippen molar-refractivity contribution >= 4 is 11.8 Å². The van der Waals surface area contributed by atoms with Gasteiger partial charge in [0.25, 0.3) is 0 Å². The van der Waals surface area contributed by atoms with Crippen LogP contribution in [0.4, 0.5) is 19.4 Å². The quantitative estimate of drug-likeness (QED) is 0.733. The number of nitrogens with zero attached hydrogens (tertiary/aromatic N) is 4. The number of aromatic nitrogens is 3. The first kappa shape index (κ1) is 18.1. The van der Waals surface area contributed by atoms with Gasteiger partial charge in [-0.3, -0.25) is 5.32 Å². The van der Waals surface area contributed by atoms with Gasteiger partial charge in [-0.15, -0.1) is 0 Å². The van der Waals surface area contributed by atoms with Gasteiger partial charge in [-0.2, -0.15) is 9.78 Å². The number of urea groups is 1. The van der Waals surface area contributed by atoms with E-state index in [0.717, 1.165) is 23.4 Å². The van der Waals surface area contributed by atoms with Gasteiger partial charge < -0.3 is 4.90 Å². The van der Waals surface area contributed by atoms with Gasteiger partial charge in [0.15, 0.2) is 5.82 Å². The van der Waals surface area contributed by atoms with E-state index in [2.05, 4.69) is 15.4 Å². The minimum Gasteiger partial charge on any atom is -0.320 e. The van der Waals surface area contributed by atoms with E-state index in [0.29, 0.717) is 23.7 Å². The molecule has 1 N–H and O–H groups in total. The van der Waals surface area contributed by atoms with Gasteiger partial charge >= 0.3 is 6.03 Å². The van der Waals surface area contributed by atoms with E-state index in [9.17, 15) is 13.6 Å². The van der Waals surface area contributed by atoms with Crippen molar-refractivity contribution in [2.45, 2.75) is 26.8 Å². The number of rotatable bonds is 2. The molecule has 6 nitrogen and oxygen atoms in total. The molecule has 2 aromatic heterocycles. The Morgan fingerprint density at radius 1 is 1.11 bits per heavy atom. The molecular formula is C20H19F2N5O. The first-order chi connectivity index (χ1) is 13.4. The number of carbonyl (C=O) groups is 1. The predicted molar refractivity (Wildman–Crippen MR) is 100 cm³/mol. The fourth-order valence-corrected chi connectivity index (χ4v) is 3.35. The molecule has 3 aromatic rings. The zero-order valence-electron chi connectivity index (χ0n) is 15.5. The van der Waals surface area contributed by atoms with Crippen LogP contribution < -0.4 is 5.32 Å². The number of hydrogen-bond acceptors (Lipinski definition) is 3. The normalized spacial score (nSPS) is 13.4. The molecule has 0 spiro atoms. The third-order valence-electron chi connectivity index (χ3n) is 4.77. The molecule has 8 heteroatoms. The average Bonchev–Trinajstić information content (AvgIpc) is 3.04. The molecule has 1 aliphatic heterocycles. The minimum atomic E-state index is -0.501. The Hall–Kier alpha value is -3.29. The van der Waals surface area contributed by atoms with Gasteiger partial charge in [-0.1, -0.05) is 0 Å². The lowest BCUT2D eigenvalue weighted by Gasteiger charge is -2.29. The second kappa shape index (κ2) is 7.03. The first-order valence-electron chi connectivity index (χ1n) is 8.94. The zero-order valence-corrected chi connectivity index (χ0v) is 15.5. The highest BCUT2D eigenvalue weighted by Gasteiger charge is 2.26. The van der Waals surface area contributed by atoms with Gasteiger partial charge in [0.1, 0.15) is 17.5 Å². The predicted octanol–water partition coefficient (Wildman–Crippen LogP) is 3.75. The van der Waals surface area contributed by atoms with E-state index < -0.39 is 17.7 Å². The Morgan fingerprint density at radius 2 is 1.86 bits per heavy atom. The second-order valence-corrected chi connectivity index (χ2v) is 6.86. The van der Waals surface area contributed by atoms with Crippen molar-refractivity contribution in [2.24, 2.45) is 0 Å². The fraction of sp³-hybridized carbons (Fsp3) is 0.250. The molecule has 28 heavy (non-hydrogen) atoms. The van der Waals surface area contributed by atoms with Crippen LogP contribution in [0.2, 0.25) is 0 Å². The molecule has 3 heterocycles. The van der Waals surface area contributed by atoms with Crippen molar-refractivity contribution in [1.82, 2.24) is 19.7 Å². The number of benzene rings is 1. The molecular weight excluding hydrogens is 364 g/mol. The molecule has 0 saturated carbocycles. The summed E-state index contributed by atoms with van der Waals surface area (Å²) >= 11 is 0. The molecule has 0 aliphatic carbocycles. The summed E-state index contributed by atoms with van der Waals surface area (Å²) in [5.41, 5.74) is 2.30. The number of aryl methyl sites for hydroxylation is 2. The van der Waals surface area contributed by atoms with Crippen LogP contribution in [0.1, 0.15) is 22.4 Å². The van der Waals surface area contributed by atoms with Crippen LogP contribution >= 0.6 is 0 Å². The summed E-state index contributed by atoms with van der Waals surface area (Å²) in [6.45, 7) is 4.07. The summed E-state index contributed by atoms with van der Waals surface area (Å²) in [6.07, 6.45) is 1.94. The van der Waals surface area contributed by atoms with Crippen LogP contribution in [0.25, 0.3) is 5.82 Å².